The summed E-state index contributed by atoms with van der Waals surface area (Å²) in [6.45, 7) is 1.52. The third-order valence-electron chi connectivity index (χ3n) is 3.76. The number of hydrogen-bond acceptors (Lipinski definition) is 5. The Bertz CT molecular complexity index is 423. The molecule has 0 bridgehead atoms. The number of aliphatic hydroxyl groups excluding tert-OH is 1. The summed E-state index contributed by atoms with van der Waals surface area (Å²) in [5, 5.41) is 9.39. The Morgan fingerprint density at radius 1 is 1.44 bits per heavy atom. The van der Waals surface area contributed by atoms with Crippen LogP contribution in [-0.4, -0.2) is 79.6 Å². The molecule has 104 valence electrons. The number of hydrogen-bond donors (Lipinski definition) is 1. The summed E-state index contributed by atoms with van der Waals surface area (Å²) in [5.74, 6) is 0.196. The predicted molar refractivity (Wildman–Crippen MR) is 66.9 cm³/mol. The van der Waals surface area contributed by atoms with Gasteiger partial charge in [-0.15, -0.1) is 0 Å². The molecule has 2 unspecified atom stereocenters. The van der Waals surface area contributed by atoms with Gasteiger partial charge in [-0.25, -0.2) is 8.42 Å². The number of sulfone groups is 1. The van der Waals surface area contributed by atoms with E-state index in [4.69, 9.17) is 0 Å². The standard InChI is InChI=1S/C11H20N2O4S/c1-12(9-3-5-18(16,17)8-9)11(15)7-13-4-2-10(14)6-13/h9-10,14H,2-8H2,1H3. The van der Waals surface area contributed by atoms with E-state index >= 15 is 0 Å². The van der Waals surface area contributed by atoms with Crippen LogP contribution in [0.3, 0.4) is 0 Å². The van der Waals surface area contributed by atoms with Crippen LogP contribution in [0.2, 0.25) is 0 Å². The minimum Gasteiger partial charge on any atom is -0.392 e. The van der Waals surface area contributed by atoms with E-state index in [0.29, 0.717) is 19.4 Å². The highest BCUT2D eigenvalue weighted by Crippen LogP contribution is 2.17. The molecule has 2 rings (SSSR count). The molecule has 2 aliphatic heterocycles. The molecule has 2 atom stereocenters. The zero-order valence-electron chi connectivity index (χ0n) is 10.6. The van der Waals surface area contributed by atoms with Crippen molar-refractivity contribution in [3.63, 3.8) is 0 Å². The quantitative estimate of drug-likeness (QED) is 0.693. The van der Waals surface area contributed by atoms with Crippen LogP contribution in [0.15, 0.2) is 0 Å². The Hall–Kier alpha value is -0.660. The zero-order chi connectivity index (χ0) is 13.3. The molecular weight excluding hydrogens is 256 g/mol. The van der Waals surface area contributed by atoms with E-state index in [-0.39, 0.29) is 36.1 Å². The van der Waals surface area contributed by atoms with E-state index in [2.05, 4.69) is 0 Å². The lowest BCUT2D eigenvalue weighted by Gasteiger charge is -2.25. The fourth-order valence-electron chi connectivity index (χ4n) is 2.54. The van der Waals surface area contributed by atoms with E-state index in [0.717, 1.165) is 6.54 Å². The molecule has 0 saturated carbocycles. The van der Waals surface area contributed by atoms with Crippen molar-refractivity contribution < 1.29 is 18.3 Å². The van der Waals surface area contributed by atoms with Gasteiger partial charge in [-0.05, 0) is 12.8 Å². The molecule has 6 nitrogen and oxygen atoms in total. The second-order valence-electron chi connectivity index (χ2n) is 5.24. The summed E-state index contributed by atoms with van der Waals surface area (Å²) in [4.78, 5) is 15.5. The van der Waals surface area contributed by atoms with Crippen LogP contribution >= 0.6 is 0 Å². The normalized spacial score (nSPS) is 31.7. The SMILES string of the molecule is CN(C(=O)CN1CCC(O)C1)C1CCS(=O)(=O)C1. The van der Waals surface area contributed by atoms with Crippen molar-refractivity contribution in [3.05, 3.63) is 0 Å². The Balaban J connectivity index is 1.85. The molecule has 0 aromatic carbocycles. The van der Waals surface area contributed by atoms with Crippen molar-refractivity contribution in [2.45, 2.75) is 25.0 Å². The number of aliphatic hydroxyl groups is 1. The van der Waals surface area contributed by atoms with Gasteiger partial charge in [0.2, 0.25) is 5.91 Å². The van der Waals surface area contributed by atoms with Crippen LogP contribution in [0.4, 0.5) is 0 Å². The summed E-state index contributed by atoms with van der Waals surface area (Å²) in [6.07, 6.45) is 0.900. The fraction of sp³-hybridized carbons (Fsp3) is 0.909. The van der Waals surface area contributed by atoms with Crippen LogP contribution in [0.25, 0.3) is 0 Å². The second kappa shape index (κ2) is 5.14. The molecule has 1 amide bonds. The third-order valence-corrected chi connectivity index (χ3v) is 5.51. The molecule has 2 heterocycles. The summed E-state index contributed by atoms with van der Waals surface area (Å²) >= 11 is 0. The molecule has 0 aromatic heterocycles. The maximum atomic E-state index is 12.0. The largest absolute Gasteiger partial charge is 0.392 e. The number of β-amino-alcohol motifs (C(OH)–C–C–N with tert-alkyl or cyclic N) is 1. The van der Waals surface area contributed by atoms with Crippen molar-refractivity contribution in [2.24, 2.45) is 0 Å². The van der Waals surface area contributed by atoms with Crippen LogP contribution in [0, 0.1) is 0 Å². The minimum absolute atomic E-state index is 0.0637. The van der Waals surface area contributed by atoms with Crippen LogP contribution in [-0.2, 0) is 14.6 Å². The molecule has 2 fully saturated rings. The topological polar surface area (TPSA) is 77.9 Å². The molecule has 2 aliphatic rings. The highest BCUT2D eigenvalue weighted by Gasteiger charge is 2.33. The molecule has 7 heteroatoms. The number of likely N-dealkylation sites (tertiary alicyclic amines) is 1. The number of rotatable bonds is 3. The fourth-order valence-corrected chi connectivity index (χ4v) is 4.32. The Morgan fingerprint density at radius 2 is 2.17 bits per heavy atom. The Morgan fingerprint density at radius 3 is 2.67 bits per heavy atom. The lowest BCUT2D eigenvalue weighted by molar-refractivity contribution is -0.132. The average molecular weight is 276 g/mol. The first-order valence-corrected chi connectivity index (χ1v) is 8.06. The monoisotopic (exact) mass is 276 g/mol. The first-order valence-electron chi connectivity index (χ1n) is 6.24. The van der Waals surface area contributed by atoms with E-state index in [1.54, 1.807) is 11.9 Å². The second-order valence-corrected chi connectivity index (χ2v) is 7.47. The molecule has 2 saturated heterocycles. The first kappa shape index (κ1) is 13.8. The van der Waals surface area contributed by atoms with Gasteiger partial charge < -0.3 is 10.0 Å². The van der Waals surface area contributed by atoms with E-state index in [1.807, 2.05) is 4.90 Å². The highest BCUT2D eigenvalue weighted by molar-refractivity contribution is 7.91. The van der Waals surface area contributed by atoms with Gasteiger partial charge in [-0.1, -0.05) is 0 Å². The minimum atomic E-state index is -2.96. The summed E-state index contributed by atoms with van der Waals surface area (Å²) in [7, 11) is -1.29. The third kappa shape index (κ3) is 3.21. The van der Waals surface area contributed by atoms with Gasteiger partial charge >= 0.3 is 0 Å². The van der Waals surface area contributed by atoms with Gasteiger partial charge in [-0.2, -0.15) is 0 Å². The molecule has 0 radical (unpaired) electrons. The summed E-state index contributed by atoms with van der Waals surface area (Å²) in [5.41, 5.74) is 0. The lowest BCUT2D eigenvalue weighted by atomic mass is 10.2. The highest BCUT2D eigenvalue weighted by atomic mass is 32.2. The van der Waals surface area contributed by atoms with Gasteiger partial charge in [0.25, 0.3) is 0 Å². The van der Waals surface area contributed by atoms with Gasteiger partial charge in [0.15, 0.2) is 9.84 Å². The van der Waals surface area contributed by atoms with Crippen LogP contribution in [0.1, 0.15) is 12.8 Å². The number of likely N-dealkylation sites (N-methyl/N-ethyl adjacent to an activating group) is 1. The maximum Gasteiger partial charge on any atom is 0.236 e. The van der Waals surface area contributed by atoms with E-state index in [1.165, 1.54) is 0 Å². The smallest absolute Gasteiger partial charge is 0.236 e. The molecule has 0 aliphatic carbocycles. The molecular formula is C11H20N2O4S. The van der Waals surface area contributed by atoms with Crippen molar-refractivity contribution >= 4 is 15.7 Å². The molecule has 0 spiro atoms. The van der Waals surface area contributed by atoms with Crippen molar-refractivity contribution in [2.75, 3.05) is 38.2 Å². The van der Waals surface area contributed by atoms with Crippen LogP contribution < -0.4 is 0 Å². The Labute approximate surface area is 107 Å². The van der Waals surface area contributed by atoms with Crippen molar-refractivity contribution in [1.82, 2.24) is 9.80 Å². The van der Waals surface area contributed by atoms with Gasteiger partial charge in [0.05, 0.1) is 24.2 Å². The number of amides is 1. The van der Waals surface area contributed by atoms with Gasteiger partial charge in [0.1, 0.15) is 0 Å². The van der Waals surface area contributed by atoms with Crippen molar-refractivity contribution in [1.29, 1.82) is 0 Å². The Kier molecular flexibility index (Phi) is 3.93. The van der Waals surface area contributed by atoms with Gasteiger partial charge in [0, 0.05) is 26.2 Å². The molecule has 18 heavy (non-hydrogen) atoms. The maximum absolute atomic E-state index is 12.0. The average Bonchev–Trinajstić information content (AvgIpc) is 2.83. The van der Waals surface area contributed by atoms with Crippen LogP contribution in [0.5, 0.6) is 0 Å². The summed E-state index contributed by atoms with van der Waals surface area (Å²) < 4.78 is 22.7. The van der Waals surface area contributed by atoms with E-state index < -0.39 is 9.84 Å². The number of nitrogens with zero attached hydrogens (tertiary/aromatic N) is 2. The predicted octanol–water partition coefficient (Wildman–Crippen LogP) is -1.30. The van der Waals surface area contributed by atoms with Crippen molar-refractivity contribution in [3.8, 4) is 0 Å². The molecule has 0 aromatic rings. The lowest BCUT2D eigenvalue weighted by Crippen LogP contribution is -2.43. The number of carbonyl (C=O) groups is 1. The first-order chi connectivity index (χ1) is 8.37. The van der Waals surface area contributed by atoms with Gasteiger partial charge in [-0.3, -0.25) is 9.69 Å². The summed E-state index contributed by atoms with van der Waals surface area (Å²) in [6, 6.07) is -0.185. The van der Waals surface area contributed by atoms with E-state index in [9.17, 15) is 18.3 Å². The molecule has 1 N–H and O–H groups in total. The zero-order valence-corrected chi connectivity index (χ0v) is 11.4. The number of carbonyl (C=O) groups excluding carboxylic acids is 1.